The van der Waals surface area contributed by atoms with Gasteiger partial charge in [0.1, 0.15) is 0 Å². The average molecular weight is 177 g/mol. The zero-order valence-electron chi connectivity index (χ0n) is 4.10. The molecule has 0 heterocycles. The molecule has 0 atom stereocenters. The third kappa shape index (κ3) is 10.7. The Morgan fingerprint density at radius 2 is 2.29 bits per heavy atom. The maximum atomic E-state index is 9.75. The molecule has 0 radical (unpaired) electrons. The molecular formula is C4H6O2Zr+2. The van der Waals surface area contributed by atoms with Crippen LogP contribution in [0.1, 0.15) is 6.92 Å². The molecule has 0 aromatic heterocycles. The van der Waals surface area contributed by atoms with Gasteiger partial charge in [-0.15, -0.1) is 0 Å². The third-order valence-electron chi connectivity index (χ3n) is 0.249. The predicted molar refractivity (Wildman–Crippen MR) is 22.0 cm³/mol. The molecule has 0 spiro atoms. The summed E-state index contributed by atoms with van der Waals surface area (Å²) in [6, 6.07) is 0. The topological polar surface area (TPSA) is 26.3 Å². The monoisotopic (exact) mass is 176 g/mol. The molecule has 0 aliphatic rings. The van der Waals surface area contributed by atoms with E-state index in [0.717, 1.165) is 6.26 Å². The van der Waals surface area contributed by atoms with Crippen LogP contribution in [-0.2, 0) is 35.7 Å². The number of carbonyl (C=O) groups is 1. The van der Waals surface area contributed by atoms with Gasteiger partial charge in [-0.25, -0.2) is 0 Å². The predicted octanol–water partition coefficient (Wildman–Crippen LogP) is 0.690. The molecule has 0 rings (SSSR count). The van der Waals surface area contributed by atoms with Crippen molar-refractivity contribution in [3.8, 4) is 0 Å². The smallest absolute Gasteiger partial charge is 0.435 e. The first-order chi connectivity index (χ1) is 2.77. The summed E-state index contributed by atoms with van der Waals surface area (Å²) in [5.74, 6) is -0.329. The van der Waals surface area contributed by atoms with Crippen molar-refractivity contribution < 1.29 is 35.7 Å². The molecule has 0 saturated carbocycles. The van der Waals surface area contributed by atoms with E-state index in [1.54, 1.807) is 0 Å². The summed E-state index contributed by atoms with van der Waals surface area (Å²) >= 11 is 0. The van der Waals surface area contributed by atoms with E-state index in [0.29, 0.717) is 0 Å². The fraction of sp³-hybridized carbons (Fsp3) is 0.250. The van der Waals surface area contributed by atoms with E-state index < -0.39 is 0 Å². The van der Waals surface area contributed by atoms with E-state index in [2.05, 4.69) is 11.3 Å². The number of hydrogen-bond acceptors (Lipinski definition) is 2. The van der Waals surface area contributed by atoms with Gasteiger partial charge in [0.15, 0.2) is 0 Å². The van der Waals surface area contributed by atoms with Crippen molar-refractivity contribution in [2.24, 2.45) is 0 Å². The molecule has 0 saturated heterocycles. The van der Waals surface area contributed by atoms with Gasteiger partial charge in [-0.2, -0.15) is 0 Å². The minimum atomic E-state index is -0.329. The molecule has 0 amide bonds. The van der Waals surface area contributed by atoms with Crippen molar-refractivity contribution in [3.63, 3.8) is 0 Å². The SMILES string of the molecule is C=COC(C)=O.[Zr+2]. The van der Waals surface area contributed by atoms with Gasteiger partial charge >= 0.3 is 32.2 Å². The van der Waals surface area contributed by atoms with Crippen LogP contribution in [0.5, 0.6) is 0 Å². The van der Waals surface area contributed by atoms with Crippen LogP contribution in [0.2, 0.25) is 0 Å². The van der Waals surface area contributed by atoms with Gasteiger partial charge < -0.3 is 4.74 Å². The fourth-order valence-electron chi connectivity index (χ4n) is 0.117. The van der Waals surface area contributed by atoms with Gasteiger partial charge in [0, 0.05) is 6.92 Å². The van der Waals surface area contributed by atoms with Crippen molar-refractivity contribution in [2.45, 2.75) is 6.92 Å². The minimum absolute atomic E-state index is 0. The van der Waals surface area contributed by atoms with Crippen LogP contribution in [0, 0.1) is 0 Å². The first-order valence-electron chi connectivity index (χ1n) is 1.55. The molecule has 0 aromatic rings. The summed E-state index contributed by atoms with van der Waals surface area (Å²) in [6.07, 6.45) is 1.10. The van der Waals surface area contributed by atoms with Gasteiger partial charge in [0.2, 0.25) is 0 Å². The molecule has 7 heavy (non-hydrogen) atoms. The largest absolute Gasteiger partial charge is 2.00 e. The van der Waals surface area contributed by atoms with Crippen LogP contribution in [0.25, 0.3) is 0 Å². The standard InChI is InChI=1S/C4H6O2.Zr/c1-3-6-4(2)5;/h3H,1H2,2H3;/q;+2. The van der Waals surface area contributed by atoms with Crippen molar-refractivity contribution in [3.05, 3.63) is 12.8 Å². The maximum Gasteiger partial charge on any atom is 2.00 e. The molecule has 2 nitrogen and oxygen atoms in total. The van der Waals surface area contributed by atoms with E-state index in [9.17, 15) is 4.79 Å². The molecule has 36 valence electrons. The first-order valence-corrected chi connectivity index (χ1v) is 1.55. The Morgan fingerprint density at radius 1 is 1.86 bits per heavy atom. The average Bonchev–Trinajstić information content (AvgIpc) is 1.35. The molecule has 0 aliphatic carbocycles. The van der Waals surface area contributed by atoms with E-state index in [-0.39, 0.29) is 32.2 Å². The van der Waals surface area contributed by atoms with Gasteiger partial charge in [0.25, 0.3) is 0 Å². The number of hydrogen-bond donors (Lipinski definition) is 0. The number of esters is 1. The molecule has 3 heteroatoms. The van der Waals surface area contributed by atoms with Gasteiger partial charge in [-0.1, -0.05) is 6.58 Å². The van der Waals surface area contributed by atoms with Gasteiger partial charge in [-0.05, 0) is 0 Å². The summed E-state index contributed by atoms with van der Waals surface area (Å²) in [7, 11) is 0. The molecular weight excluding hydrogens is 171 g/mol. The van der Waals surface area contributed by atoms with E-state index in [1.165, 1.54) is 6.92 Å². The quantitative estimate of drug-likeness (QED) is 0.435. The minimum Gasteiger partial charge on any atom is -0.435 e. The van der Waals surface area contributed by atoms with Crippen LogP contribution in [-0.4, -0.2) is 5.97 Å². The second-order valence-electron chi connectivity index (χ2n) is 0.776. The van der Waals surface area contributed by atoms with Crippen LogP contribution >= 0.6 is 0 Å². The molecule has 0 unspecified atom stereocenters. The van der Waals surface area contributed by atoms with E-state index in [1.807, 2.05) is 0 Å². The van der Waals surface area contributed by atoms with Crippen LogP contribution in [0.15, 0.2) is 12.8 Å². The third-order valence-corrected chi connectivity index (χ3v) is 0.249. The second-order valence-corrected chi connectivity index (χ2v) is 0.776. The summed E-state index contributed by atoms with van der Waals surface area (Å²) in [6.45, 7) is 4.48. The van der Waals surface area contributed by atoms with Crippen molar-refractivity contribution >= 4 is 5.97 Å². The van der Waals surface area contributed by atoms with Crippen molar-refractivity contribution in [1.29, 1.82) is 0 Å². The molecule has 0 bridgehead atoms. The molecule has 0 N–H and O–H groups in total. The summed E-state index contributed by atoms with van der Waals surface area (Å²) in [5.41, 5.74) is 0. The Morgan fingerprint density at radius 3 is 2.29 bits per heavy atom. The van der Waals surface area contributed by atoms with Crippen LogP contribution in [0.4, 0.5) is 0 Å². The zero-order chi connectivity index (χ0) is 4.99. The summed E-state index contributed by atoms with van der Waals surface area (Å²) in [5, 5.41) is 0. The zero-order valence-corrected chi connectivity index (χ0v) is 6.56. The summed E-state index contributed by atoms with van der Waals surface area (Å²) in [4.78, 5) is 9.75. The van der Waals surface area contributed by atoms with E-state index >= 15 is 0 Å². The molecule has 0 fully saturated rings. The first kappa shape index (κ1) is 10.2. The molecule has 0 aliphatic heterocycles. The Labute approximate surface area is 61.7 Å². The van der Waals surface area contributed by atoms with E-state index in [4.69, 9.17) is 0 Å². The fourth-order valence-corrected chi connectivity index (χ4v) is 0.117. The van der Waals surface area contributed by atoms with Crippen LogP contribution < -0.4 is 0 Å². The number of carbonyl (C=O) groups excluding carboxylic acids is 1. The maximum absolute atomic E-state index is 9.75. The number of rotatable bonds is 1. The van der Waals surface area contributed by atoms with Crippen molar-refractivity contribution in [2.75, 3.05) is 0 Å². The van der Waals surface area contributed by atoms with Crippen LogP contribution in [0.3, 0.4) is 0 Å². The van der Waals surface area contributed by atoms with Crippen molar-refractivity contribution in [1.82, 2.24) is 0 Å². The van der Waals surface area contributed by atoms with Gasteiger partial charge in [0.05, 0.1) is 6.26 Å². The Kier molecular flexibility index (Phi) is 8.84. The molecule has 0 aromatic carbocycles. The normalized spacial score (nSPS) is 5.86. The Bertz CT molecular complexity index is 70.1. The Balaban J connectivity index is 0. The van der Waals surface area contributed by atoms with Gasteiger partial charge in [-0.3, -0.25) is 4.79 Å². The number of ether oxygens (including phenoxy) is 1. The summed E-state index contributed by atoms with van der Waals surface area (Å²) < 4.78 is 4.17. The Hall–Kier alpha value is 0.0931. The second kappa shape index (κ2) is 6.09.